The van der Waals surface area contributed by atoms with Crippen molar-refractivity contribution in [2.75, 3.05) is 6.54 Å². The fourth-order valence-corrected chi connectivity index (χ4v) is 3.79. The van der Waals surface area contributed by atoms with Gasteiger partial charge in [-0.2, -0.15) is 11.3 Å². The Hall–Kier alpha value is -0.920. The first-order valence-electron chi connectivity index (χ1n) is 6.02. The highest BCUT2D eigenvalue weighted by Gasteiger charge is 2.14. The summed E-state index contributed by atoms with van der Waals surface area (Å²) in [6.07, 6.45) is 0.664. The molecule has 108 valence electrons. The third-order valence-electron chi connectivity index (χ3n) is 2.84. The van der Waals surface area contributed by atoms with Crippen LogP contribution in [0.2, 0.25) is 5.02 Å². The predicted molar refractivity (Wildman–Crippen MR) is 82.6 cm³/mol. The van der Waals surface area contributed by atoms with Crippen LogP contribution in [0.5, 0.6) is 0 Å². The van der Waals surface area contributed by atoms with E-state index in [1.807, 2.05) is 16.8 Å². The van der Waals surface area contributed by atoms with Crippen molar-refractivity contribution < 1.29 is 8.42 Å². The second-order valence-corrected chi connectivity index (χ2v) is 7.19. The van der Waals surface area contributed by atoms with Crippen molar-refractivity contribution in [3.05, 3.63) is 51.2 Å². The minimum absolute atomic E-state index is 0.157. The molecule has 0 bridgehead atoms. The molecule has 0 fully saturated rings. The molecule has 3 N–H and O–H groups in total. The molecule has 0 aliphatic heterocycles. The minimum Gasteiger partial charge on any atom is -0.326 e. The Labute approximate surface area is 127 Å². The van der Waals surface area contributed by atoms with Gasteiger partial charge in [0.15, 0.2) is 0 Å². The van der Waals surface area contributed by atoms with Gasteiger partial charge in [0, 0.05) is 18.1 Å². The number of sulfonamides is 1. The van der Waals surface area contributed by atoms with E-state index in [-0.39, 0.29) is 11.4 Å². The summed E-state index contributed by atoms with van der Waals surface area (Å²) >= 11 is 7.57. The molecule has 0 unspecified atom stereocenters. The maximum absolute atomic E-state index is 12.1. The summed E-state index contributed by atoms with van der Waals surface area (Å²) in [6, 6.07) is 6.55. The molecule has 0 saturated heterocycles. The lowest BCUT2D eigenvalue weighted by Gasteiger charge is -2.08. The zero-order valence-electron chi connectivity index (χ0n) is 10.7. The fraction of sp³-hybridized carbons (Fsp3) is 0.231. The molecule has 0 aliphatic rings. The normalized spacial score (nSPS) is 11.7. The van der Waals surface area contributed by atoms with Crippen molar-refractivity contribution in [2.45, 2.75) is 17.9 Å². The molecule has 0 saturated carbocycles. The molecule has 0 radical (unpaired) electrons. The van der Waals surface area contributed by atoms with Crippen LogP contribution in [0.4, 0.5) is 0 Å². The summed E-state index contributed by atoms with van der Waals surface area (Å²) < 4.78 is 26.8. The van der Waals surface area contributed by atoms with E-state index in [4.69, 9.17) is 17.3 Å². The molecule has 1 aromatic carbocycles. The van der Waals surface area contributed by atoms with Gasteiger partial charge < -0.3 is 5.73 Å². The molecule has 7 heteroatoms. The largest absolute Gasteiger partial charge is 0.326 e. The van der Waals surface area contributed by atoms with Crippen LogP contribution in [0.1, 0.15) is 11.1 Å². The Morgan fingerprint density at radius 2 is 2.10 bits per heavy atom. The topological polar surface area (TPSA) is 72.2 Å². The van der Waals surface area contributed by atoms with Crippen molar-refractivity contribution in [3.8, 4) is 0 Å². The van der Waals surface area contributed by atoms with Crippen LogP contribution >= 0.6 is 22.9 Å². The van der Waals surface area contributed by atoms with E-state index < -0.39 is 10.0 Å². The zero-order chi connectivity index (χ0) is 14.6. The molecule has 0 aliphatic carbocycles. The van der Waals surface area contributed by atoms with Crippen LogP contribution in [-0.2, 0) is 23.0 Å². The second-order valence-electron chi connectivity index (χ2n) is 4.24. The van der Waals surface area contributed by atoms with Crippen LogP contribution in [0.25, 0.3) is 0 Å². The Balaban J connectivity index is 2.04. The van der Waals surface area contributed by atoms with Gasteiger partial charge in [-0.25, -0.2) is 13.1 Å². The molecule has 0 spiro atoms. The molecule has 20 heavy (non-hydrogen) atoms. The van der Waals surface area contributed by atoms with Crippen LogP contribution in [0, 0.1) is 0 Å². The summed E-state index contributed by atoms with van der Waals surface area (Å²) in [5.41, 5.74) is 7.34. The highest BCUT2D eigenvalue weighted by atomic mass is 35.5. The average molecular weight is 331 g/mol. The molecule has 0 amide bonds. The Kier molecular flexibility index (Phi) is 5.17. The van der Waals surface area contributed by atoms with E-state index in [0.717, 1.165) is 11.1 Å². The molecule has 4 nitrogen and oxygen atoms in total. The van der Waals surface area contributed by atoms with Gasteiger partial charge in [-0.1, -0.05) is 17.7 Å². The number of nitrogens with two attached hydrogens (primary N) is 1. The van der Waals surface area contributed by atoms with Crippen LogP contribution in [0.15, 0.2) is 39.9 Å². The van der Waals surface area contributed by atoms with Crippen molar-refractivity contribution >= 4 is 33.0 Å². The molecule has 2 aromatic rings. The van der Waals surface area contributed by atoms with Gasteiger partial charge in [-0.15, -0.1) is 0 Å². The lowest BCUT2D eigenvalue weighted by atomic mass is 10.2. The number of benzene rings is 1. The lowest BCUT2D eigenvalue weighted by Crippen LogP contribution is -2.26. The molecule has 1 heterocycles. The number of halogens is 1. The number of hydrogen-bond acceptors (Lipinski definition) is 4. The molecular formula is C13H15ClN2O2S2. The van der Waals surface area contributed by atoms with Crippen LogP contribution in [-0.4, -0.2) is 15.0 Å². The number of nitrogens with one attached hydrogen (secondary N) is 1. The van der Waals surface area contributed by atoms with E-state index in [9.17, 15) is 8.42 Å². The Morgan fingerprint density at radius 1 is 1.30 bits per heavy atom. The summed E-state index contributed by atoms with van der Waals surface area (Å²) in [4.78, 5) is 0.157. The van der Waals surface area contributed by atoms with Gasteiger partial charge in [0.05, 0.1) is 4.90 Å². The third-order valence-corrected chi connectivity index (χ3v) is 5.38. The highest BCUT2D eigenvalue weighted by molar-refractivity contribution is 7.89. The molecule has 2 rings (SSSR count). The van der Waals surface area contributed by atoms with Gasteiger partial charge in [0.25, 0.3) is 0 Å². The first-order chi connectivity index (χ1) is 9.53. The third kappa shape index (κ3) is 3.80. The lowest BCUT2D eigenvalue weighted by molar-refractivity contribution is 0.581. The maximum atomic E-state index is 12.1. The van der Waals surface area contributed by atoms with E-state index in [1.165, 1.54) is 12.1 Å². The van der Waals surface area contributed by atoms with Gasteiger partial charge in [0.2, 0.25) is 10.0 Å². The predicted octanol–water partition coefficient (Wildman–Crippen LogP) is 2.38. The Morgan fingerprint density at radius 3 is 2.70 bits per heavy atom. The van der Waals surface area contributed by atoms with Crippen LogP contribution < -0.4 is 10.5 Å². The van der Waals surface area contributed by atoms with Gasteiger partial charge in [0.1, 0.15) is 0 Å². The van der Waals surface area contributed by atoms with Crippen molar-refractivity contribution in [3.63, 3.8) is 0 Å². The second kappa shape index (κ2) is 6.69. The van der Waals surface area contributed by atoms with E-state index in [0.29, 0.717) is 18.0 Å². The quantitative estimate of drug-likeness (QED) is 0.854. The van der Waals surface area contributed by atoms with E-state index in [1.54, 1.807) is 17.4 Å². The Bertz CT molecular complexity index is 670. The number of rotatable bonds is 6. The first-order valence-corrected chi connectivity index (χ1v) is 8.82. The van der Waals surface area contributed by atoms with Gasteiger partial charge in [-0.05, 0) is 46.5 Å². The van der Waals surface area contributed by atoms with E-state index >= 15 is 0 Å². The molecular weight excluding hydrogens is 316 g/mol. The van der Waals surface area contributed by atoms with Crippen molar-refractivity contribution in [1.82, 2.24) is 4.72 Å². The van der Waals surface area contributed by atoms with Crippen molar-refractivity contribution in [1.29, 1.82) is 0 Å². The van der Waals surface area contributed by atoms with E-state index in [2.05, 4.69) is 4.72 Å². The first kappa shape index (κ1) is 15.5. The summed E-state index contributed by atoms with van der Waals surface area (Å²) in [6.45, 7) is 0.639. The molecule has 1 aromatic heterocycles. The minimum atomic E-state index is -3.53. The summed E-state index contributed by atoms with van der Waals surface area (Å²) in [5, 5.41) is 4.34. The monoisotopic (exact) mass is 330 g/mol. The maximum Gasteiger partial charge on any atom is 0.240 e. The SMILES string of the molecule is NCc1ccc(S(=O)(=O)NCCc2ccsc2)cc1Cl. The highest BCUT2D eigenvalue weighted by Crippen LogP contribution is 2.20. The average Bonchev–Trinajstić information content (AvgIpc) is 2.91. The summed E-state index contributed by atoms with van der Waals surface area (Å²) in [5.74, 6) is 0. The number of thiophene rings is 1. The smallest absolute Gasteiger partial charge is 0.240 e. The zero-order valence-corrected chi connectivity index (χ0v) is 13.1. The summed E-state index contributed by atoms with van der Waals surface area (Å²) in [7, 11) is -3.53. The number of hydrogen-bond donors (Lipinski definition) is 2. The van der Waals surface area contributed by atoms with Gasteiger partial charge >= 0.3 is 0 Å². The van der Waals surface area contributed by atoms with Gasteiger partial charge in [-0.3, -0.25) is 0 Å². The van der Waals surface area contributed by atoms with Crippen LogP contribution in [0.3, 0.4) is 0 Å². The molecule has 0 atom stereocenters. The fourth-order valence-electron chi connectivity index (χ4n) is 1.71. The standard InChI is InChI=1S/C13H15ClN2O2S2/c14-13-7-12(2-1-11(13)8-15)20(17,18)16-5-3-10-4-6-19-9-10/h1-2,4,6-7,9,16H,3,5,8,15H2. The van der Waals surface area contributed by atoms with Crippen molar-refractivity contribution in [2.24, 2.45) is 5.73 Å².